The first-order valence-electron chi connectivity index (χ1n) is 8.35. The highest BCUT2D eigenvalue weighted by Crippen LogP contribution is 2.16. The van der Waals surface area contributed by atoms with E-state index in [-0.39, 0.29) is 36.1 Å². The molecule has 0 bridgehead atoms. The third kappa shape index (κ3) is 5.52. The number of hydrogen-bond acceptors (Lipinski definition) is 6. The van der Waals surface area contributed by atoms with E-state index in [1.807, 2.05) is 45.0 Å². The van der Waals surface area contributed by atoms with E-state index < -0.39 is 0 Å². The molecule has 0 unspecified atom stereocenters. The van der Waals surface area contributed by atoms with Crippen LogP contribution in [0.5, 0.6) is 5.75 Å². The third-order valence-corrected chi connectivity index (χ3v) is 4.57. The van der Waals surface area contributed by atoms with Crippen LogP contribution >= 0.6 is 11.5 Å². The molecule has 2 rings (SSSR count). The van der Waals surface area contributed by atoms with Gasteiger partial charge in [-0.25, -0.2) is 0 Å². The molecule has 0 aliphatic carbocycles. The molecule has 1 heterocycles. The average molecular weight is 376 g/mol. The first kappa shape index (κ1) is 19.8. The normalized spacial score (nSPS) is 11.1. The Balaban J connectivity index is 2.18. The molecule has 2 aromatic rings. The molecule has 0 aliphatic rings. The number of carbonyl (C=O) groups excluding carboxylic acids is 2. The van der Waals surface area contributed by atoms with E-state index in [2.05, 4.69) is 14.9 Å². The van der Waals surface area contributed by atoms with Gasteiger partial charge in [-0.3, -0.25) is 9.59 Å². The van der Waals surface area contributed by atoms with Gasteiger partial charge >= 0.3 is 0 Å². The maximum Gasteiger partial charge on any atom is 0.276 e. The van der Waals surface area contributed by atoms with Crippen molar-refractivity contribution in [3.05, 3.63) is 40.9 Å². The largest absolute Gasteiger partial charge is 0.497 e. The van der Waals surface area contributed by atoms with Crippen LogP contribution in [0.1, 0.15) is 43.2 Å². The van der Waals surface area contributed by atoms with Crippen molar-refractivity contribution in [1.29, 1.82) is 0 Å². The fourth-order valence-corrected chi connectivity index (χ4v) is 2.72. The zero-order chi connectivity index (χ0) is 19.2. The van der Waals surface area contributed by atoms with Crippen LogP contribution in [0.15, 0.2) is 29.6 Å². The zero-order valence-corrected chi connectivity index (χ0v) is 16.3. The van der Waals surface area contributed by atoms with Gasteiger partial charge in [0.05, 0.1) is 7.11 Å². The molecule has 26 heavy (non-hydrogen) atoms. The topological polar surface area (TPSA) is 84.4 Å². The van der Waals surface area contributed by atoms with E-state index in [4.69, 9.17) is 4.74 Å². The predicted octanol–water partition coefficient (Wildman–Crippen LogP) is 2.49. The lowest BCUT2D eigenvalue weighted by Crippen LogP contribution is -2.48. The minimum absolute atomic E-state index is 0.0585. The summed E-state index contributed by atoms with van der Waals surface area (Å²) in [5.41, 5.74) is 0.771. The summed E-state index contributed by atoms with van der Waals surface area (Å²) < 4.78 is 8.96. The molecule has 1 aromatic heterocycles. The van der Waals surface area contributed by atoms with Crippen molar-refractivity contribution in [2.75, 3.05) is 13.7 Å². The molecule has 7 nitrogen and oxygen atoms in total. The standard InChI is InChI=1S/C18H24N4O3S/c1-5-18(2,3)19-16(23)11-22(17(24)15-12-26-21-20-15)10-13-7-6-8-14(9-13)25-4/h6-9,12H,5,10-11H2,1-4H3,(H,19,23). The summed E-state index contributed by atoms with van der Waals surface area (Å²) in [5, 5.41) is 8.36. The lowest BCUT2D eigenvalue weighted by Gasteiger charge is -2.27. The van der Waals surface area contributed by atoms with Crippen molar-refractivity contribution < 1.29 is 14.3 Å². The van der Waals surface area contributed by atoms with Crippen LogP contribution in [-0.4, -0.2) is 45.5 Å². The molecule has 140 valence electrons. The Morgan fingerprint density at radius 1 is 1.35 bits per heavy atom. The summed E-state index contributed by atoms with van der Waals surface area (Å²) in [6, 6.07) is 7.40. The lowest BCUT2D eigenvalue weighted by atomic mass is 10.0. The molecule has 0 aliphatic heterocycles. The third-order valence-electron chi connectivity index (χ3n) is 4.07. The fraction of sp³-hybridized carbons (Fsp3) is 0.444. The van der Waals surface area contributed by atoms with Gasteiger partial charge in [0.25, 0.3) is 5.91 Å². The van der Waals surface area contributed by atoms with Crippen LogP contribution in [0.2, 0.25) is 0 Å². The minimum atomic E-state index is -0.329. The summed E-state index contributed by atoms with van der Waals surface area (Å²) in [6.45, 7) is 6.11. The van der Waals surface area contributed by atoms with Crippen molar-refractivity contribution >= 4 is 23.3 Å². The second-order valence-electron chi connectivity index (χ2n) is 6.59. The minimum Gasteiger partial charge on any atom is -0.497 e. The molecule has 1 aromatic carbocycles. The number of hydrogen-bond donors (Lipinski definition) is 1. The Morgan fingerprint density at radius 3 is 2.73 bits per heavy atom. The highest BCUT2D eigenvalue weighted by molar-refractivity contribution is 7.03. The molecule has 0 spiro atoms. The molecular formula is C18H24N4O3S. The smallest absolute Gasteiger partial charge is 0.276 e. The van der Waals surface area contributed by atoms with Crippen molar-refractivity contribution in [3.63, 3.8) is 0 Å². The van der Waals surface area contributed by atoms with Crippen LogP contribution in [-0.2, 0) is 11.3 Å². The van der Waals surface area contributed by atoms with Crippen molar-refractivity contribution in [1.82, 2.24) is 19.8 Å². The molecule has 0 radical (unpaired) electrons. The Hall–Kier alpha value is -2.48. The summed E-state index contributed by atoms with van der Waals surface area (Å²) in [4.78, 5) is 26.7. The van der Waals surface area contributed by atoms with Gasteiger partial charge in [-0.05, 0) is 49.5 Å². The zero-order valence-electron chi connectivity index (χ0n) is 15.5. The van der Waals surface area contributed by atoms with Crippen molar-refractivity contribution in [3.8, 4) is 5.75 Å². The quantitative estimate of drug-likeness (QED) is 0.765. The number of amides is 2. The first-order chi connectivity index (χ1) is 12.3. The average Bonchev–Trinajstić information content (AvgIpc) is 3.15. The van der Waals surface area contributed by atoms with Gasteiger partial charge in [-0.2, -0.15) is 0 Å². The van der Waals surface area contributed by atoms with Gasteiger partial charge in [-0.1, -0.05) is 23.5 Å². The van der Waals surface area contributed by atoms with Gasteiger partial charge < -0.3 is 15.0 Å². The number of benzene rings is 1. The van der Waals surface area contributed by atoms with Gasteiger partial charge in [-0.15, -0.1) is 5.10 Å². The Kier molecular flexibility index (Phi) is 6.68. The first-order valence-corrected chi connectivity index (χ1v) is 9.18. The van der Waals surface area contributed by atoms with Crippen LogP contribution in [0, 0.1) is 0 Å². The summed E-state index contributed by atoms with van der Waals surface area (Å²) in [6.07, 6.45) is 0.790. The molecule has 1 N–H and O–H groups in total. The van der Waals surface area contributed by atoms with Gasteiger partial charge in [0.15, 0.2) is 5.69 Å². The van der Waals surface area contributed by atoms with Crippen LogP contribution in [0.4, 0.5) is 0 Å². The van der Waals surface area contributed by atoms with E-state index in [1.165, 1.54) is 4.90 Å². The summed E-state index contributed by atoms with van der Waals surface area (Å²) in [5.74, 6) is 0.157. The Labute approximate surface area is 157 Å². The summed E-state index contributed by atoms with van der Waals surface area (Å²) >= 11 is 1.10. The van der Waals surface area contributed by atoms with Gasteiger partial charge in [0.2, 0.25) is 5.91 Å². The number of nitrogens with one attached hydrogen (secondary N) is 1. The van der Waals surface area contributed by atoms with Crippen LogP contribution in [0.25, 0.3) is 0 Å². The monoisotopic (exact) mass is 376 g/mol. The maximum absolute atomic E-state index is 12.8. The van der Waals surface area contributed by atoms with Gasteiger partial charge in [0, 0.05) is 17.5 Å². The van der Waals surface area contributed by atoms with E-state index >= 15 is 0 Å². The highest BCUT2D eigenvalue weighted by atomic mass is 32.1. The number of nitrogens with zero attached hydrogens (tertiary/aromatic N) is 3. The number of carbonyl (C=O) groups is 2. The van der Waals surface area contributed by atoms with Crippen molar-refractivity contribution in [2.45, 2.75) is 39.3 Å². The van der Waals surface area contributed by atoms with E-state index in [0.717, 1.165) is 23.5 Å². The maximum atomic E-state index is 12.8. The molecule has 0 atom stereocenters. The van der Waals surface area contributed by atoms with Crippen LogP contribution < -0.4 is 10.1 Å². The second-order valence-corrected chi connectivity index (χ2v) is 7.20. The van der Waals surface area contributed by atoms with E-state index in [9.17, 15) is 9.59 Å². The molecular weight excluding hydrogens is 352 g/mol. The Bertz CT molecular complexity index is 747. The fourth-order valence-electron chi connectivity index (χ4n) is 2.29. The molecule has 0 saturated carbocycles. The van der Waals surface area contributed by atoms with Crippen LogP contribution in [0.3, 0.4) is 0 Å². The second kappa shape index (κ2) is 8.75. The lowest BCUT2D eigenvalue weighted by molar-refractivity contribution is -0.123. The SMILES string of the molecule is CCC(C)(C)NC(=O)CN(Cc1cccc(OC)c1)C(=O)c1csnn1. The van der Waals surface area contributed by atoms with Gasteiger partial charge in [0.1, 0.15) is 12.3 Å². The summed E-state index contributed by atoms with van der Waals surface area (Å²) in [7, 11) is 1.59. The number of aromatic nitrogens is 2. The number of rotatable bonds is 8. The molecule has 8 heteroatoms. The highest BCUT2D eigenvalue weighted by Gasteiger charge is 2.24. The molecule has 0 fully saturated rings. The van der Waals surface area contributed by atoms with Crippen molar-refractivity contribution in [2.24, 2.45) is 0 Å². The number of methoxy groups -OCH3 is 1. The molecule has 0 saturated heterocycles. The molecule has 2 amide bonds. The predicted molar refractivity (Wildman–Crippen MR) is 100 cm³/mol. The Morgan fingerprint density at radius 2 is 2.12 bits per heavy atom. The van der Waals surface area contributed by atoms with E-state index in [1.54, 1.807) is 12.5 Å². The number of ether oxygens (including phenoxy) is 1. The van der Waals surface area contributed by atoms with E-state index in [0.29, 0.717) is 5.75 Å².